The third-order valence-electron chi connectivity index (χ3n) is 5.37. The zero-order valence-corrected chi connectivity index (χ0v) is 19.2. The van der Waals surface area contributed by atoms with Crippen LogP contribution < -0.4 is 4.74 Å². The zero-order valence-electron chi connectivity index (χ0n) is 19.2. The van der Waals surface area contributed by atoms with Crippen molar-refractivity contribution in [3.63, 3.8) is 0 Å². The molecule has 1 aromatic rings. The Hall–Kier alpha value is -2.41. The molecule has 4 atom stereocenters. The van der Waals surface area contributed by atoms with E-state index in [0.29, 0.717) is 11.3 Å². The minimum absolute atomic E-state index is 0.0906. The number of rotatable bonds is 8. The molecule has 7 heteroatoms. The summed E-state index contributed by atoms with van der Waals surface area (Å²) in [5.74, 6) is -4.36. The van der Waals surface area contributed by atoms with Crippen LogP contribution in [0.3, 0.4) is 0 Å². The van der Waals surface area contributed by atoms with Gasteiger partial charge in [-0.2, -0.15) is 0 Å². The van der Waals surface area contributed by atoms with Crippen LogP contribution >= 0.6 is 0 Å². The molecule has 0 heterocycles. The summed E-state index contributed by atoms with van der Waals surface area (Å²) in [5, 5.41) is 11.1. The van der Waals surface area contributed by atoms with Gasteiger partial charge in [0.05, 0.1) is 31.8 Å². The van der Waals surface area contributed by atoms with Gasteiger partial charge >= 0.3 is 11.9 Å². The Morgan fingerprint density at radius 3 is 2.23 bits per heavy atom. The van der Waals surface area contributed by atoms with Gasteiger partial charge in [0.2, 0.25) is 0 Å². The van der Waals surface area contributed by atoms with Crippen LogP contribution in [0.5, 0.6) is 5.75 Å². The van der Waals surface area contributed by atoms with E-state index in [0.717, 1.165) is 0 Å². The molecule has 31 heavy (non-hydrogen) atoms. The van der Waals surface area contributed by atoms with Crippen LogP contribution in [0.1, 0.15) is 52.5 Å². The zero-order chi connectivity index (χ0) is 23.3. The van der Waals surface area contributed by atoms with Crippen LogP contribution in [0.15, 0.2) is 24.3 Å². The number of aliphatic hydroxyl groups is 1. The Kier molecular flexibility index (Phi) is 8.23. The SMILES string of the molecule is COc1cccc([C@@H]2[C@H](C(=O)OCC(C)C)C(=O)C[C@@](C)(O)[C@@H]2C(=O)OCC(C)C)c1. The molecule has 0 spiro atoms. The van der Waals surface area contributed by atoms with E-state index in [2.05, 4.69) is 0 Å². The molecular weight excluding hydrogens is 400 g/mol. The standard InChI is InChI=1S/C24H34O7/c1-14(2)12-30-22(26)20-18(25)11-24(5,28)21(23(27)31-13-15(3)4)19(20)16-8-7-9-17(10-16)29-6/h7-10,14-15,19-21,28H,11-13H2,1-6H3/t19-,20-,21+,24-/m1/s1. The maximum absolute atomic E-state index is 13.1. The average Bonchev–Trinajstić information content (AvgIpc) is 2.69. The van der Waals surface area contributed by atoms with Gasteiger partial charge in [-0.3, -0.25) is 14.4 Å². The molecule has 1 aromatic carbocycles. The quantitative estimate of drug-likeness (QED) is 0.496. The first-order valence-electron chi connectivity index (χ1n) is 10.7. The number of carbonyl (C=O) groups is 3. The van der Waals surface area contributed by atoms with Crippen LogP contribution in [-0.2, 0) is 23.9 Å². The first-order valence-corrected chi connectivity index (χ1v) is 10.7. The molecule has 0 radical (unpaired) electrons. The second kappa shape index (κ2) is 10.3. The summed E-state index contributed by atoms with van der Waals surface area (Å²) >= 11 is 0. The van der Waals surface area contributed by atoms with Crippen LogP contribution in [-0.4, -0.2) is 48.8 Å². The van der Waals surface area contributed by atoms with Gasteiger partial charge in [-0.25, -0.2) is 0 Å². The number of hydrogen-bond acceptors (Lipinski definition) is 7. The minimum atomic E-state index is -1.67. The van der Waals surface area contributed by atoms with Crippen molar-refractivity contribution in [1.29, 1.82) is 0 Å². The van der Waals surface area contributed by atoms with Gasteiger partial charge < -0.3 is 19.3 Å². The molecule has 0 bridgehead atoms. The second-order valence-corrected chi connectivity index (χ2v) is 9.31. The Labute approximate surface area is 184 Å². The lowest BCUT2D eigenvalue weighted by molar-refractivity contribution is -0.173. The molecular formula is C24H34O7. The number of carbonyl (C=O) groups excluding carboxylic acids is 3. The van der Waals surface area contributed by atoms with Crippen LogP contribution in [0.4, 0.5) is 0 Å². The molecule has 0 unspecified atom stereocenters. The van der Waals surface area contributed by atoms with Crippen molar-refractivity contribution in [3.8, 4) is 5.75 Å². The van der Waals surface area contributed by atoms with Crippen molar-refractivity contribution in [2.75, 3.05) is 20.3 Å². The first-order chi connectivity index (χ1) is 14.5. The third-order valence-corrected chi connectivity index (χ3v) is 5.37. The van der Waals surface area contributed by atoms with Crippen LogP contribution in [0.25, 0.3) is 0 Å². The Balaban J connectivity index is 2.55. The molecule has 0 amide bonds. The van der Waals surface area contributed by atoms with E-state index >= 15 is 0 Å². The molecule has 172 valence electrons. The summed E-state index contributed by atoms with van der Waals surface area (Å²) in [6.45, 7) is 9.37. The molecule has 0 saturated heterocycles. The number of ketones is 1. The summed E-state index contributed by atoms with van der Waals surface area (Å²) in [6.07, 6.45) is -0.337. The van der Waals surface area contributed by atoms with Crippen molar-refractivity contribution in [3.05, 3.63) is 29.8 Å². The molecule has 1 saturated carbocycles. The largest absolute Gasteiger partial charge is 0.497 e. The number of esters is 2. The highest BCUT2D eigenvalue weighted by atomic mass is 16.5. The van der Waals surface area contributed by atoms with E-state index in [1.807, 2.05) is 27.7 Å². The lowest BCUT2D eigenvalue weighted by Gasteiger charge is -2.43. The predicted molar refractivity (Wildman–Crippen MR) is 115 cm³/mol. The Morgan fingerprint density at radius 2 is 1.68 bits per heavy atom. The Morgan fingerprint density at radius 1 is 1.10 bits per heavy atom. The number of Topliss-reactive ketones (excluding diaryl/α,β-unsaturated/α-hetero) is 1. The van der Waals surface area contributed by atoms with Gasteiger partial charge in [-0.15, -0.1) is 0 Å². The minimum Gasteiger partial charge on any atom is -0.497 e. The second-order valence-electron chi connectivity index (χ2n) is 9.31. The summed E-state index contributed by atoms with van der Waals surface area (Å²) in [6, 6.07) is 6.83. The van der Waals surface area contributed by atoms with Gasteiger partial charge in [-0.05, 0) is 36.5 Å². The topological polar surface area (TPSA) is 99.1 Å². The van der Waals surface area contributed by atoms with Crippen molar-refractivity contribution in [2.24, 2.45) is 23.7 Å². The third kappa shape index (κ3) is 6.06. The number of hydrogen-bond donors (Lipinski definition) is 1. The number of ether oxygens (including phenoxy) is 3. The van der Waals surface area contributed by atoms with Crippen molar-refractivity contribution >= 4 is 17.7 Å². The number of methoxy groups -OCH3 is 1. The van der Waals surface area contributed by atoms with Gasteiger partial charge in [0.15, 0.2) is 5.78 Å². The van der Waals surface area contributed by atoms with Gasteiger partial charge in [0.1, 0.15) is 11.7 Å². The van der Waals surface area contributed by atoms with Crippen molar-refractivity contribution in [2.45, 2.75) is 52.6 Å². The van der Waals surface area contributed by atoms with Crippen LogP contribution in [0, 0.1) is 23.7 Å². The molecule has 1 aliphatic carbocycles. The fourth-order valence-electron chi connectivity index (χ4n) is 3.94. The van der Waals surface area contributed by atoms with E-state index < -0.39 is 41.1 Å². The molecule has 0 aliphatic heterocycles. The van der Waals surface area contributed by atoms with Crippen LogP contribution in [0.2, 0.25) is 0 Å². The molecule has 2 rings (SSSR count). The first kappa shape index (κ1) is 24.9. The molecule has 0 aromatic heterocycles. The Bertz CT molecular complexity index is 797. The molecule has 1 N–H and O–H groups in total. The highest BCUT2D eigenvalue weighted by molar-refractivity contribution is 6.02. The van der Waals surface area contributed by atoms with Gasteiger partial charge in [-0.1, -0.05) is 39.8 Å². The smallest absolute Gasteiger partial charge is 0.317 e. The summed E-state index contributed by atoms with van der Waals surface area (Å²) in [5.41, 5.74) is -1.14. The maximum atomic E-state index is 13.1. The van der Waals surface area contributed by atoms with E-state index in [1.165, 1.54) is 14.0 Å². The van der Waals surface area contributed by atoms with Crippen molar-refractivity contribution in [1.82, 2.24) is 0 Å². The van der Waals surface area contributed by atoms with E-state index in [4.69, 9.17) is 14.2 Å². The normalized spacial score (nSPS) is 26.1. The molecule has 1 fully saturated rings. The van der Waals surface area contributed by atoms with Gasteiger partial charge in [0.25, 0.3) is 0 Å². The van der Waals surface area contributed by atoms with E-state index in [9.17, 15) is 19.5 Å². The van der Waals surface area contributed by atoms with E-state index in [1.54, 1.807) is 24.3 Å². The highest BCUT2D eigenvalue weighted by Gasteiger charge is 2.57. The lowest BCUT2D eigenvalue weighted by atomic mass is 9.61. The fraction of sp³-hybridized carbons (Fsp3) is 0.625. The van der Waals surface area contributed by atoms with Crippen molar-refractivity contribution < 1.29 is 33.7 Å². The predicted octanol–water partition coefficient (Wildman–Crippen LogP) is 3.13. The molecule has 7 nitrogen and oxygen atoms in total. The number of benzene rings is 1. The monoisotopic (exact) mass is 434 g/mol. The fourth-order valence-corrected chi connectivity index (χ4v) is 3.94. The highest BCUT2D eigenvalue weighted by Crippen LogP contribution is 2.47. The van der Waals surface area contributed by atoms with Gasteiger partial charge in [0, 0.05) is 12.3 Å². The lowest BCUT2D eigenvalue weighted by Crippen LogP contribution is -2.55. The maximum Gasteiger partial charge on any atom is 0.317 e. The van der Waals surface area contributed by atoms with E-state index in [-0.39, 0.29) is 31.5 Å². The summed E-state index contributed by atoms with van der Waals surface area (Å²) in [7, 11) is 1.50. The average molecular weight is 435 g/mol. The molecule has 1 aliphatic rings. The summed E-state index contributed by atoms with van der Waals surface area (Å²) in [4.78, 5) is 39.1. The summed E-state index contributed by atoms with van der Waals surface area (Å²) < 4.78 is 16.1.